The highest BCUT2D eigenvalue weighted by atomic mass is 35.5. The molecule has 1 unspecified atom stereocenters. The molecule has 0 aliphatic heterocycles. The van der Waals surface area contributed by atoms with Gasteiger partial charge in [-0.3, -0.25) is 4.98 Å². The second kappa shape index (κ2) is 6.59. The lowest BCUT2D eigenvalue weighted by atomic mass is 9.96. The SMILES string of the molecule is CCOC(=O)C(C)(Nc1cccc(Cl)c1)c1ccccn1. The van der Waals surface area contributed by atoms with Crippen LogP contribution in [-0.4, -0.2) is 17.6 Å². The van der Waals surface area contributed by atoms with Crippen molar-refractivity contribution < 1.29 is 9.53 Å². The number of ether oxygens (including phenoxy) is 1. The summed E-state index contributed by atoms with van der Waals surface area (Å²) in [6.07, 6.45) is 1.65. The number of aromatic nitrogens is 1. The number of halogens is 1. The maximum atomic E-state index is 12.4. The number of hydrogen-bond donors (Lipinski definition) is 1. The zero-order chi connectivity index (χ0) is 15.3. The number of carbonyl (C=O) groups excluding carboxylic acids is 1. The van der Waals surface area contributed by atoms with E-state index in [0.717, 1.165) is 5.69 Å². The van der Waals surface area contributed by atoms with Gasteiger partial charge in [0.15, 0.2) is 5.54 Å². The Balaban J connectivity index is 2.39. The Bertz CT molecular complexity index is 619. The Hall–Kier alpha value is -2.07. The number of carbonyl (C=O) groups is 1. The van der Waals surface area contributed by atoms with E-state index in [-0.39, 0.29) is 5.97 Å². The van der Waals surface area contributed by atoms with Gasteiger partial charge in [0.05, 0.1) is 12.3 Å². The van der Waals surface area contributed by atoms with Crippen LogP contribution in [0.5, 0.6) is 0 Å². The van der Waals surface area contributed by atoms with Crippen LogP contribution in [0.3, 0.4) is 0 Å². The molecule has 1 heterocycles. The molecule has 0 fully saturated rings. The molecule has 5 heteroatoms. The molecular formula is C16H17ClN2O2. The molecule has 0 spiro atoms. The minimum Gasteiger partial charge on any atom is -0.464 e. The van der Waals surface area contributed by atoms with E-state index in [4.69, 9.17) is 16.3 Å². The first-order valence-corrected chi connectivity index (χ1v) is 7.06. The van der Waals surface area contributed by atoms with Crippen LogP contribution in [0.25, 0.3) is 0 Å². The van der Waals surface area contributed by atoms with Crippen molar-refractivity contribution in [3.63, 3.8) is 0 Å². The van der Waals surface area contributed by atoms with Crippen molar-refractivity contribution in [1.82, 2.24) is 4.98 Å². The van der Waals surface area contributed by atoms with Crippen molar-refractivity contribution >= 4 is 23.3 Å². The highest BCUT2D eigenvalue weighted by Gasteiger charge is 2.38. The zero-order valence-electron chi connectivity index (χ0n) is 12.0. The van der Waals surface area contributed by atoms with Crippen LogP contribution in [0.15, 0.2) is 48.7 Å². The third-order valence-corrected chi connectivity index (χ3v) is 3.31. The van der Waals surface area contributed by atoms with E-state index in [2.05, 4.69) is 10.3 Å². The molecule has 0 saturated carbocycles. The first-order valence-electron chi connectivity index (χ1n) is 6.68. The molecule has 4 nitrogen and oxygen atoms in total. The van der Waals surface area contributed by atoms with Crippen LogP contribution in [0.4, 0.5) is 5.69 Å². The van der Waals surface area contributed by atoms with E-state index in [9.17, 15) is 4.79 Å². The third-order valence-electron chi connectivity index (χ3n) is 3.08. The normalized spacial score (nSPS) is 13.3. The molecule has 2 rings (SSSR count). The van der Waals surface area contributed by atoms with E-state index in [1.807, 2.05) is 18.2 Å². The Labute approximate surface area is 129 Å². The second-order valence-corrected chi connectivity index (χ2v) is 5.13. The predicted molar refractivity (Wildman–Crippen MR) is 83.3 cm³/mol. The Morgan fingerprint density at radius 1 is 1.33 bits per heavy atom. The molecule has 0 radical (unpaired) electrons. The quantitative estimate of drug-likeness (QED) is 0.857. The van der Waals surface area contributed by atoms with Crippen molar-refractivity contribution in [2.75, 3.05) is 11.9 Å². The summed E-state index contributed by atoms with van der Waals surface area (Å²) in [6, 6.07) is 12.6. The van der Waals surface area contributed by atoms with Gasteiger partial charge in [-0.05, 0) is 44.2 Å². The molecule has 0 amide bonds. The fraction of sp³-hybridized carbons (Fsp3) is 0.250. The van der Waals surface area contributed by atoms with Crippen LogP contribution < -0.4 is 5.32 Å². The molecule has 1 aromatic heterocycles. The lowest BCUT2D eigenvalue weighted by Gasteiger charge is -2.29. The summed E-state index contributed by atoms with van der Waals surface area (Å²) >= 11 is 5.99. The molecule has 21 heavy (non-hydrogen) atoms. The van der Waals surface area contributed by atoms with Crippen molar-refractivity contribution in [2.45, 2.75) is 19.4 Å². The Kier molecular flexibility index (Phi) is 4.81. The molecule has 1 aromatic carbocycles. The number of pyridine rings is 1. The molecule has 110 valence electrons. The first kappa shape index (κ1) is 15.3. The minimum absolute atomic E-state index is 0.304. The average molecular weight is 305 g/mol. The zero-order valence-corrected chi connectivity index (χ0v) is 12.7. The monoisotopic (exact) mass is 304 g/mol. The minimum atomic E-state index is -1.08. The van der Waals surface area contributed by atoms with Gasteiger partial charge in [-0.1, -0.05) is 23.7 Å². The summed E-state index contributed by atoms with van der Waals surface area (Å²) in [5.41, 5.74) is 0.231. The van der Waals surface area contributed by atoms with Crippen LogP contribution in [0.1, 0.15) is 19.5 Å². The molecule has 0 bridgehead atoms. The number of nitrogens with one attached hydrogen (secondary N) is 1. The molecule has 1 N–H and O–H groups in total. The lowest BCUT2D eigenvalue weighted by molar-refractivity contribution is -0.148. The van der Waals surface area contributed by atoms with Crippen molar-refractivity contribution in [1.29, 1.82) is 0 Å². The summed E-state index contributed by atoms with van der Waals surface area (Å²) < 4.78 is 5.19. The van der Waals surface area contributed by atoms with Gasteiger partial charge < -0.3 is 10.1 Å². The van der Waals surface area contributed by atoms with Crippen LogP contribution in [0.2, 0.25) is 5.02 Å². The molecule has 0 saturated heterocycles. The number of esters is 1. The molecule has 1 atom stereocenters. The largest absolute Gasteiger partial charge is 0.464 e. The van der Waals surface area contributed by atoms with E-state index in [0.29, 0.717) is 17.3 Å². The summed E-state index contributed by atoms with van der Waals surface area (Å²) in [4.78, 5) is 16.7. The summed E-state index contributed by atoms with van der Waals surface area (Å²) in [6.45, 7) is 3.82. The Morgan fingerprint density at radius 2 is 2.14 bits per heavy atom. The van der Waals surface area contributed by atoms with Gasteiger partial charge in [-0.2, -0.15) is 0 Å². The molecule has 0 aliphatic rings. The highest BCUT2D eigenvalue weighted by molar-refractivity contribution is 6.30. The fourth-order valence-corrected chi connectivity index (χ4v) is 2.20. The van der Waals surface area contributed by atoms with Gasteiger partial charge in [-0.25, -0.2) is 4.79 Å². The molecule has 0 aliphatic carbocycles. The van der Waals surface area contributed by atoms with E-state index >= 15 is 0 Å². The van der Waals surface area contributed by atoms with Crippen molar-refractivity contribution in [2.24, 2.45) is 0 Å². The maximum Gasteiger partial charge on any atom is 0.337 e. The highest BCUT2D eigenvalue weighted by Crippen LogP contribution is 2.27. The number of hydrogen-bond acceptors (Lipinski definition) is 4. The maximum absolute atomic E-state index is 12.4. The van der Waals surface area contributed by atoms with Gasteiger partial charge in [0.25, 0.3) is 0 Å². The summed E-state index contributed by atoms with van der Waals surface area (Å²) in [7, 11) is 0. The van der Waals surface area contributed by atoms with E-state index < -0.39 is 5.54 Å². The van der Waals surface area contributed by atoms with Gasteiger partial charge >= 0.3 is 5.97 Å². The molecular weight excluding hydrogens is 288 g/mol. The number of rotatable bonds is 5. The van der Waals surface area contributed by atoms with E-state index in [1.165, 1.54) is 0 Å². The standard InChI is InChI=1S/C16H17ClN2O2/c1-3-21-15(20)16(2,14-9-4-5-10-18-14)19-13-8-6-7-12(17)11-13/h4-11,19H,3H2,1-2H3. The summed E-state index contributed by atoms with van der Waals surface area (Å²) in [5.74, 6) is -0.385. The van der Waals surface area contributed by atoms with Gasteiger partial charge in [-0.15, -0.1) is 0 Å². The lowest BCUT2D eigenvalue weighted by Crippen LogP contribution is -2.42. The number of nitrogens with zero attached hydrogens (tertiary/aromatic N) is 1. The topological polar surface area (TPSA) is 51.2 Å². The fourth-order valence-electron chi connectivity index (χ4n) is 2.01. The van der Waals surface area contributed by atoms with Gasteiger partial charge in [0, 0.05) is 16.9 Å². The predicted octanol–water partition coefficient (Wildman–Crippen LogP) is 3.63. The summed E-state index contributed by atoms with van der Waals surface area (Å²) in [5, 5.41) is 3.77. The molecule has 2 aromatic rings. The van der Waals surface area contributed by atoms with Crippen molar-refractivity contribution in [3.8, 4) is 0 Å². The average Bonchev–Trinajstić information content (AvgIpc) is 2.48. The second-order valence-electron chi connectivity index (χ2n) is 4.70. The third kappa shape index (κ3) is 3.52. The van der Waals surface area contributed by atoms with Crippen LogP contribution >= 0.6 is 11.6 Å². The van der Waals surface area contributed by atoms with Crippen LogP contribution in [0, 0.1) is 0 Å². The number of benzene rings is 1. The van der Waals surface area contributed by atoms with Crippen molar-refractivity contribution in [3.05, 3.63) is 59.4 Å². The Morgan fingerprint density at radius 3 is 2.76 bits per heavy atom. The number of anilines is 1. The van der Waals surface area contributed by atoms with Gasteiger partial charge in [0.2, 0.25) is 0 Å². The van der Waals surface area contributed by atoms with E-state index in [1.54, 1.807) is 44.3 Å². The van der Waals surface area contributed by atoms with Crippen LogP contribution in [-0.2, 0) is 15.1 Å². The smallest absolute Gasteiger partial charge is 0.337 e. The first-order chi connectivity index (χ1) is 10.1. The van der Waals surface area contributed by atoms with Gasteiger partial charge in [0.1, 0.15) is 0 Å².